The Morgan fingerprint density at radius 3 is 2.50 bits per heavy atom. The summed E-state index contributed by atoms with van der Waals surface area (Å²) in [6.45, 7) is 3.77. The number of anilines is 1. The number of amides is 1. The van der Waals surface area contributed by atoms with Gasteiger partial charge in [0.05, 0.1) is 6.54 Å². The summed E-state index contributed by atoms with van der Waals surface area (Å²) in [6.07, 6.45) is 3.47. The molecule has 1 amide bonds. The van der Waals surface area contributed by atoms with E-state index in [0.29, 0.717) is 42.2 Å². The van der Waals surface area contributed by atoms with E-state index in [2.05, 4.69) is 14.9 Å². The van der Waals surface area contributed by atoms with E-state index in [1.54, 1.807) is 24.5 Å². The fraction of sp³-hybridized carbons (Fsp3) is 0.389. The minimum atomic E-state index is 0.117. The van der Waals surface area contributed by atoms with Crippen LogP contribution in [0.4, 0.5) is 5.95 Å². The molecule has 0 N–H and O–H groups in total. The number of halogens is 2. The quantitative estimate of drug-likeness (QED) is 0.780. The Balaban J connectivity index is 1.49. The molecule has 26 heavy (non-hydrogen) atoms. The Bertz CT molecular complexity index is 751. The van der Waals surface area contributed by atoms with Crippen molar-refractivity contribution in [2.75, 3.05) is 44.7 Å². The van der Waals surface area contributed by atoms with Crippen molar-refractivity contribution in [2.45, 2.75) is 6.54 Å². The predicted molar refractivity (Wildman–Crippen MR) is 104 cm³/mol. The van der Waals surface area contributed by atoms with Crippen LogP contribution in [0.3, 0.4) is 0 Å². The molecule has 0 atom stereocenters. The van der Waals surface area contributed by atoms with Crippen molar-refractivity contribution < 1.29 is 4.79 Å². The van der Waals surface area contributed by atoms with E-state index in [0.717, 1.165) is 18.7 Å². The lowest BCUT2D eigenvalue weighted by Crippen LogP contribution is -2.51. The van der Waals surface area contributed by atoms with Gasteiger partial charge in [-0.3, -0.25) is 9.69 Å². The van der Waals surface area contributed by atoms with Gasteiger partial charge in [0.1, 0.15) is 0 Å². The van der Waals surface area contributed by atoms with Crippen LogP contribution >= 0.6 is 23.2 Å². The van der Waals surface area contributed by atoms with Crippen molar-refractivity contribution in [2.24, 2.45) is 0 Å². The van der Waals surface area contributed by atoms with Gasteiger partial charge in [-0.15, -0.1) is 0 Å². The normalized spacial score (nSPS) is 14.8. The van der Waals surface area contributed by atoms with Gasteiger partial charge in [-0.25, -0.2) is 9.97 Å². The van der Waals surface area contributed by atoms with Crippen molar-refractivity contribution >= 4 is 35.1 Å². The number of piperazine rings is 1. The standard InChI is InChI=1S/C18H21Cl2N5O/c1-23(12-14-3-4-15(19)11-16(14)20)13-17(26)24-7-9-25(10-8-24)18-21-5-2-6-22-18/h2-6,11H,7-10,12-13H2,1H3. The van der Waals surface area contributed by atoms with Gasteiger partial charge in [0, 0.05) is 55.2 Å². The van der Waals surface area contributed by atoms with E-state index in [4.69, 9.17) is 23.2 Å². The Morgan fingerprint density at radius 1 is 1.15 bits per heavy atom. The molecule has 3 rings (SSSR count). The van der Waals surface area contributed by atoms with Gasteiger partial charge in [-0.05, 0) is 30.8 Å². The fourth-order valence-electron chi connectivity index (χ4n) is 2.94. The molecule has 1 aromatic carbocycles. The van der Waals surface area contributed by atoms with E-state index in [9.17, 15) is 4.79 Å². The monoisotopic (exact) mass is 393 g/mol. The van der Waals surface area contributed by atoms with Crippen molar-refractivity contribution in [3.05, 3.63) is 52.3 Å². The Kier molecular flexibility index (Phi) is 6.29. The summed E-state index contributed by atoms with van der Waals surface area (Å²) in [5.41, 5.74) is 0.956. The maximum atomic E-state index is 12.6. The van der Waals surface area contributed by atoms with Crippen LogP contribution in [0.15, 0.2) is 36.7 Å². The first kappa shape index (κ1) is 18.9. The summed E-state index contributed by atoms with van der Waals surface area (Å²) in [7, 11) is 1.91. The lowest BCUT2D eigenvalue weighted by molar-refractivity contribution is -0.132. The van der Waals surface area contributed by atoms with Gasteiger partial charge < -0.3 is 9.80 Å². The number of carbonyl (C=O) groups excluding carboxylic acids is 1. The zero-order chi connectivity index (χ0) is 18.5. The molecule has 8 heteroatoms. The molecule has 1 aromatic heterocycles. The first-order valence-electron chi connectivity index (χ1n) is 8.45. The minimum absolute atomic E-state index is 0.117. The van der Waals surface area contributed by atoms with Crippen LogP contribution in [0.25, 0.3) is 0 Å². The first-order valence-corrected chi connectivity index (χ1v) is 9.21. The highest BCUT2D eigenvalue weighted by atomic mass is 35.5. The molecule has 1 fully saturated rings. The van der Waals surface area contributed by atoms with Gasteiger partial charge in [0.15, 0.2) is 0 Å². The summed E-state index contributed by atoms with van der Waals surface area (Å²) in [5.74, 6) is 0.834. The van der Waals surface area contributed by atoms with Gasteiger partial charge in [0.25, 0.3) is 0 Å². The van der Waals surface area contributed by atoms with Crippen molar-refractivity contribution in [3.63, 3.8) is 0 Å². The molecule has 138 valence electrons. The highest BCUT2D eigenvalue weighted by Gasteiger charge is 2.23. The molecule has 0 spiro atoms. The molecular formula is C18H21Cl2N5O. The van der Waals surface area contributed by atoms with Crippen LogP contribution in [-0.2, 0) is 11.3 Å². The van der Waals surface area contributed by atoms with Crippen LogP contribution in [0.1, 0.15) is 5.56 Å². The molecule has 1 saturated heterocycles. The number of rotatable bonds is 5. The van der Waals surface area contributed by atoms with Gasteiger partial charge >= 0.3 is 0 Å². The fourth-order valence-corrected chi connectivity index (χ4v) is 3.41. The smallest absolute Gasteiger partial charge is 0.236 e. The summed E-state index contributed by atoms with van der Waals surface area (Å²) in [4.78, 5) is 27.0. The first-order chi connectivity index (χ1) is 12.5. The van der Waals surface area contributed by atoms with Crippen LogP contribution in [-0.4, -0.2) is 65.4 Å². The summed E-state index contributed by atoms with van der Waals surface area (Å²) < 4.78 is 0. The van der Waals surface area contributed by atoms with E-state index in [1.807, 2.05) is 29.0 Å². The average molecular weight is 394 g/mol. The maximum Gasteiger partial charge on any atom is 0.236 e. The van der Waals surface area contributed by atoms with E-state index >= 15 is 0 Å². The third-order valence-electron chi connectivity index (χ3n) is 4.33. The molecule has 1 aliphatic heterocycles. The molecule has 0 saturated carbocycles. The molecule has 2 heterocycles. The third kappa shape index (κ3) is 4.84. The third-order valence-corrected chi connectivity index (χ3v) is 4.91. The summed E-state index contributed by atoms with van der Waals surface area (Å²) in [5, 5.41) is 1.23. The second-order valence-corrected chi connectivity index (χ2v) is 7.17. The number of likely N-dealkylation sites (N-methyl/N-ethyl adjacent to an activating group) is 1. The van der Waals surface area contributed by atoms with Crippen LogP contribution < -0.4 is 4.90 Å². The molecule has 2 aromatic rings. The van der Waals surface area contributed by atoms with Crippen LogP contribution in [0.2, 0.25) is 10.0 Å². The van der Waals surface area contributed by atoms with E-state index in [-0.39, 0.29) is 5.91 Å². The van der Waals surface area contributed by atoms with Gasteiger partial charge in [-0.1, -0.05) is 29.3 Å². The maximum absolute atomic E-state index is 12.6. The van der Waals surface area contributed by atoms with E-state index in [1.165, 1.54) is 0 Å². The van der Waals surface area contributed by atoms with Crippen molar-refractivity contribution in [1.29, 1.82) is 0 Å². The van der Waals surface area contributed by atoms with Gasteiger partial charge in [-0.2, -0.15) is 0 Å². The summed E-state index contributed by atoms with van der Waals surface area (Å²) in [6, 6.07) is 7.22. The van der Waals surface area contributed by atoms with E-state index < -0.39 is 0 Å². The van der Waals surface area contributed by atoms with Crippen molar-refractivity contribution in [1.82, 2.24) is 19.8 Å². The molecular weight excluding hydrogens is 373 g/mol. The number of aromatic nitrogens is 2. The Labute approximate surface area is 163 Å². The average Bonchev–Trinajstić information content (AvgIpc) is 2.65. The highest BCUT2D eigenvalue weighted by Crippen LogP contribution is 2.22. The highest BCUT2D eigenvalue weighted by molar-refractivity contribution is 6.35. The molecule has 0 aliphatic carbocycles. The molecule has 1 aliphatic rings. The topological polar surface area (TPSA) is 52.6 Å². The number of hydrogen-bond donors (Lipinski definition) is 0. The SMILES string of the molecule is CN(CC(=O)N1CCN(c2ncccn2)CC1)Cc1ccc(Cl)cc1Cl. The van der Waals surface area contributed by atoms with Crippen LogP contribution in [0.5, 0.6) is 0 Å². The Hall–Kier alpha value is -1.89. The minimum Gasteiger partial charge on any atom is -0.338 e. The predicted octanol–water partition coefficient (Wildman–Crippen LogP) is 2.56. The zero-order valence-corrected chi connectivity index (χ0v) is 16.1. The largest absolute Gasteiger partial charge is 0.338 e. The lowest BCUT2D eigenvalue weighted by Gasteiger charge is -2.35. The Morgan fingerprint density at radius 2 is 1.85 bits per heavy atom. The molecule has 6 nitrogen and oxygen atoms in total. The second kappa shape index (κ2) is 8.66. The number of nitrogens with zero attached hydrogens (tertiary/aromatic N) is 5. The van der Waals surface area contributed by atoms with Crippen molar-refractivity contribution in [3.8, 4) is 0 Å². The number of benzene rings is 1. The van der Waals surface area contributed by atoms with Gasteiger partial charge in [0.2, 0.25) is 11.9 Å². The number of hydrogen-bond acceptors (Lipinski definition) is 5. The second-order valence-electron chi connectivity index (χ2n) is 6.32. The van der Waals surface area contributed by atoms with Crippen LogP contribution in [0, 0.1) is 0 Å². The summed E-state index contributed by atoms with van der Waals surface area (Å²) >= 11 is 12.1. The molecule has 0 unspecified atom stereocenters. The lowest BCUT2D eigenvalue weighted by atomic mass is 10.2. The molecule has 0 radical (unpaired) electrons. The zero-order valence-electron chi connectivity index (χ0n) is 14.6. The molecule has 0 bridgehead atoms. The number of carbonyl (C=O) groups is 1.